The molecular weight excluding hydrogens is 448 g/mol. The fourth-order valence-corrected chi connectivity index (χ4v) is 3.72. The number of methoxy groups -OCH3 is 1. The van der Waals surface area contributed by atoms with Crippen LogP contribution in [0.1, 0.15) is 44.9 Å². The van der Waals surface area contributed by atoms with Crippen molar-refractivity contribution in [2.24, 2.45) is 0 Å². The van der Waals surface area contributed by atoms with Crippen molar-refractivity contribution >= 4 is 11.7 Å². The number of pyridine rings is 1. The zero-order valence-corrected chi connectivity index (χ0v) is 19.9. The molecule has 3 rings (SSSR count). The lowest BCUT2D eigenvalue weighted by Gasteiger charge is -2.25. The zero-order valence-electron chi connectivity index (χ0n) is 19.9. The van der Waals surface area contributed by atoms with Crippen LogP contribution in [0.5, 0.6) is 5.75 Å². The van der Waals surface area contributed by atoms with Crippen LogP contribution >= 0.6 is 0 Å². The molecule has 0 aliphatic heterocycles. The molecule has 1 atom stereocenters. The Bertz CT molecular complexity index is 1190. The van der Waals surface area contributed by atoms with E-state index in [0.717, 1.165) is 11.1 Å². The number of aliphatic hydroxyl groups is 1. The number of amides is 1. The molecule has 1 aromatic heterocycles. The number of aliphatic hydroxyl groups excluding tert-OH is 1. The average molecular weight is 479 g/mol. The maximum Gasteiger partial charge on any atom is 0.272 e. The quantitative estimate of drug-likeness (QED) is 0.306. The van der Waals surface area contributed by atoms with Gasteiger partial charge in [0.25, 0.3) is 5.91 Å². The van der Waals surface area contributed by atoms with Crippen LogP contribution in [0.3, 0.4) is 0 Å². The first kappa shape index (κ1) is 25.9. The molecule has 184 valence electrons. The molecule has 0 radical (unpaired) electrons. The van der Waals surface area contributed by atoms with Crippen molar-refractivity contribution in [1.29, 1.82) is 0 Å². The van der Waals surface area contributed by atoms with E-state index >= 15 is 0 Å². The van der Waals surface area contributed by atoms with Crippen molar-refractivity contribution in [3.05, 3.63) is 99.5 Å². The Labute approximate surface area is 204 Å². The number of Topliss-reactive ketones (excluding diaryl/α,β-unsaturated/α-hetero) is 1. The summed E-state index contributed by atoms with van der Waals surface area (Å²) in [4.78, 5) is 38.9. The molecule has 0 saturated heterocycles. The molecule has 35 heavy (non-hydrogen) atoms. The highest BCUT2D eigenvalue weighted by molar-refractivity contribution is 5.98. The highest BCUT2D eigenvalue weighted by Crippen LogP contribution is 2.24. The summed E-state index contributed by atoms with van der Waals surface area (Å²) in [7, 11) is 1.51. The van der Waals surface area contributed by atoms with E-state index in [-0.39, 0.29) is 43.4 Å². The maximum absolute atomic E-state index is 13.3. The molecule has 0 aliphatic carbocycles. The third kappa shape index (κ3) is 6.65. The van der Waals surface area contributed by atoms with Crippen LogP contribution in [-0.4, -0.2) is 48.2 Å². The molecule has 0 fully saturated rings. The topological polar surface area (TPSA) is 107 Å². The third-order valence-corrected chi connectivity index (χ3v) is 5.52. The Morgan fingerprint density at radius 2 is 1.66 bits per heavy atom. The molecule has 0 aliphatic rings. The van der Waals surface area contributed by atoms with E-state index < -0.39 is 23.2 Å². The number of ether oxygens (including phenoxy) is 2. The highest BCUT2D eigenvalue weighted by atomic mass is 16.5. The number of nitrogens with one attached hydrogen (secondary N) is 1. The van der Waals surface area contributed by atoms with Gasteiger partial charge in [-0.1, -0.05) is 60.7 Å². The lowest BCUT2D eigenvalue weighted by Crippen LogP contribution is -2.35. The number of aromatic nitrogens is 1. The second kappa shape index (κ2) is 12.6. The number of carbonyl (C=O) groups is 2. The van der Waals surface area contributed by atoms with Gasteiger partial charge >= 0.3 is 0 Å². The van der Waals surface area contributed by atoms with Crippen molar-refractivity contribution in [2.75, 3.05) is 26.9 Å². The number of hydrogen-bond donors (Lipinski definition) is 2. The number of rotatable bonds is 12. The van der Waals surface area contributed by atoms with Gasteiger partial charge < -0.3 is 24.5 Å². The van der Waals surface area contributed by atoms with Gasteiger partial charge in [0.1, 0.15) is 6.61 Å². The van der Waals surface area contributed by atoms with Gasteiger partial charge in [-0.25, -0.2) is 0 Å². The lowest BCUT2D eigenvalue weighted by molar-refractivity contribution is 0.0911. The monoisotopic (exact) mass is 478 g/mol. The van der Waals surface area contributed by atoms with Crippen LogP contribution in [0.2, 0.25) is 0 Å². The van der Waals surface area contributed by atoms with Gasteiger partial charge in [-0.15, -0.1) is 0 Å². The Morgan fingerprint density at radius 1 is 1.03 bits per heavy atom. The Hall–Kier alpha value is -3.75. The molecule has 0 unspecified atom stereocenters. The molecule has 3 aromatic rings. The predicted octanol–water partition coefficient (Wildman–Crippen LogP) is 2.78. The summed E-state index contributed by atoms with van der Waals surface area (Å²) in [5, 5.41) is 13.0. The van der Waals surface area contributed by atoms with Crippen molar-refractivity contribution in [3.8, 4) is 5.75 Å². The van der Waals surface area contributed by atoms with Crippen LogP contribution in [-0.2, 0) is 17.8 Å². The molecular formula is C27H30N2O6. The molecule has 0 spiro atoms. The molecule has 0 bridgehead atoms. The van der Waals surface area contributed by atoms with Gasteiger partial charge in [-0.05, 0) is 24.5 Å². The first-order valence-electron chi connectivity index (χ1n) is 11.3. The summed E-state index contributed by atoms with van der Waals surface area (Å²) in [5.74, 6) is -1.26. The maximum atomic E-state index is 13.3. The number of hydrogen-bond acceptors (Lipinski definition) is 6. The standard InChI is InChI=1S/C27H30N2O6/c1-19(31)23-16-29(22(17-30)15-20-9-5-3-6-10-20)24(27(33)28-13-14-34-2)26(25(23)32)35-18-21-11-7-4-8-12-21/h3-12,16,22,30H,13-15,17-18H2,1-2H3,(H,28,33)/t22-/m0/s1. The third-order valence-electron chi connectivity index (χ3n) is 5.52. The van der Waals surface area contributed by atoms with Crippen LogP contribution in [0.4, 0.5) is 0 Å². The summed E-state index contributed by atoms with van der Waals surface area (Å²) in [6, 6.07) is 18.0. The minimum Gasteiger partial charge on any atom is -0.483 e. The van der Waals surface area contributed by atoms with Crippen LogP contribution in [0, 0.1) is 0 Å². The number of benzene rings is 2. The predicted molar refractivity (Wildman–Crippen MR) is 132 cm³/mol. The Balaban J connectivity index is 2.14. The second-order valence-corrected chi connectivity index (χ2v) is 8.06. The smallest absolute Gasteiger partial charge is 0.272 e. The largest absolute Gasteiger partial charge is 0.483 e. The van der Waals surface area contributed by atoms with E-state index in [0.29, 0.717) is 6.42 Å². The second-order valence-electron chi connectivity index (χ2n) is 8.06. The lowest BCUT2D eigenvalue weighted by atomic mass is 10.0. The van der Waals surface area contributed by atoms with Gasteiger partial charge in [-0.2, -0.15) is 0 Å². The molecule has 2 N–H and O–H groups in total. The normalized spacial score (nSPS) is 11.6. The molecule has 0 saturated carbocycles. The molecule has 1 amide bonds. The first-order valence-corrected chi connectivity index (χ1v) is 11.3. The minimum atomic E-state index is -0.669. The van der Waals surface area contributed by atoms with E-state index in [9.17, 15) is 19.5 Å². The highest BCUT2D eigenvalue weighted by Gasteiger charge is 2.28. The molecule has 1 heterocycles. The van der Waals surface area contributed by atoms with Crippen LogP contribution in [0.25, 0.3) is 0 Å². The summed E-state index contributed by atoms with van der Waals surface area (Å²) in [5.41, 5.74) is 0.875. The summed E-state index contributed by atoms with van der Waals surface area (Å²) in [6.45, 7) is 1.46. The Morgan fingerprint density at radius 3 is 2.23 bits per heavy atom. The van der Waals surface area contributed by atoms with Crippen LogP contribution in [0.15, 0.2) is 71.7 Å². The van der Waals surface area contributed by atoms with Gasteiger partial charge in [0, 0.05) is 19.9 Å². The fourth-order valence-electron chi connectivity index (χ4n) is 3.72. The van der Waals surface area contributed by atoms with E-state index in [1.807, 2.05) is 60.7 Å². The van der Waals surface area contributed by atoms with Crippen molar-refractivity contribution < 1.29 is 24.2 Å². The minimum absolute atomic E-state index is 0.0261. The Kier molecular flexibility index (Phi) is 9.34. The van der Waals surface area contributed by atoms with E-state index in [2.05, 4.69) is 5.32 Å². The summed E-state index contributed by atoms with van der Waals surface area (Å²) >= 11 is 0. The fraction of sp³-hybridized carbons (Fsp3) is 0.296. The van der Waals surface area contributed by atoms with Crippen molar-refractivity contribution in [1.82, 2.24) is 9.88 Å². The molecule has 8 nitrogen and oxygen atoms in total. The van der Waals surface area contributed by atoms with Crippen molar-refractivity contribution in [2.45, 2.75) is 26.0 Å². The number of nitrogens with zero attached hydrogens (tertiary/aromatic N) is 1. The summed E-state index contributed by atoms with van der Waals surface area (Å²) in [6.07, 6.45) is 1.71. The average Bonchev–Trinajstić information content (AvgIpc) is 2.87. The first-order chi connectivity index (χ1) is 17.0. The van der Waals surface area contributed by atoms with Gasteiger partial charge in [0.2, 0.25) is 5.43 Å². The number of carbonyl (C=O) groups excluding carboxylic acids is 2. The zero-order chi connectivity index (χ0) is 25.2. The number of ketones is 1. The summed E-state index contributed by atoms with van der Waals surface area (Å²) < 4.78 is 12.4. The van der Waals surface area contributed by atoms with Gasteiger partial charge in [0.05, 0.1) is 24.8 Å². The van der Waals surface area contributed by atoms with Crippen LogP contribution < -0.4 is 15.5 Å². The molecule has 2 aromatic carbocycles. The van der Waals surface area contributed by atoms with Gasteiger partial charge in [-0.3, -0.25) is 14.4 Å². The van der Waals surface area contributed by atoms with E-state index in [1.165, 1.54) is 24.8 Å². The SMILES string of the molecule is COCCNC(=O)c1c(OCc2ccccc2)c(=O)c(C(C)=O)cn1[C@H](CO)Cc1ccccc1. The van der Waals surface area contributed by atoms with E-state index in [1.54, 1.807) is 0 Å². The van der Waals surface area contributed by atoms with E-state index in [4.69, 9.17) is 9.47 Å². The van der Waals surface area contributed by atoms with Crippen molar-refractivity contribution in [3.63, 3.8) is 0 Å². The molecule has 8 heteroatoms. The van der Waals surface area contributed by atoms with Gasteiger partial charge in [0.15, 0.2) is 17.2 Å².